The minimum Gasteiger partial charge on any atom is -0.492 e. The van der Waals surface area contributed by atoms with Gasteiger partial charge < -0.3 is 14.8 Å². The zero-order valence-corrected chi connectivity index (χ0v) is 16.2. The van der Waals surface area contributed by atoms with Crippen LogP contribution in [0.15, 0.2) is 24.3 Å². The molecular formula is C20H32N2O3. The molecule has 1 amide bonds. The molecule has 0 unspecified atom stereocenters. The summed E-state index contributed by atoms with van der Waals surface area (Å²) in [5.74, 6) is 0.867. The number of morpholine rings is 1. The number of carbonyl (C=O) groups is 1. The van der Waals surface area contributed by atoms with Gasteiger partial charge in [-0.2, -0.15) is 0 Å². The van der Waals surface area contributed by atoms with Gasteiger partial charge in [0.25, 0.3) is 0 Å². The van der Waals surface area contributed by atoms with Crippen molar-refractivity contribution in [3.05, 3.63) is 29.8 Å². The summed E-state index contributed by atoms with van der Waals surface area (Å²) in [7, 11) is 0. The zero-order chi connectivity index (χ0) is 18.4. The van der Waals surface area contributed by atoms with E-state index in [1.165, 1.54) is 5.56 Å². The molecule has 140 valence electrons. The van der Waals surface area contributed by atoms with Crippen LogP contribution in [0.5, 0.6) is 5.75 Å². The van der Waals surface area contributed by atoms with Crippen LogP contribution < -0.4 is 10.1 Å². The summed E-state index contributed by atoms with van der Waals surface area (Å²) in [6.07, 6.45) is 0.354. The third kappa shape index (κ3) is 6.67. The Morgan fingerprint density at radius 3 is 2.36 bits per heavy atom. The first-order chi connectivity index (χ1) is 11.7. The van der Waals surface area contributed by atoms with Gasteiger partial charge in [0.1, 0.15) is 12.4 Å². The van der Waals surface area contributed by atoms with Crippen molar-refractivity contribution in [1.29, 1.82) is 0 Å². The highest BCUT2D eigenvalue weighted by atomic mass is 16.5. The van der Waals surface area contributed by atoms with E-state index < -0.39 is 0 Å². The summed E-state index contributed by atoms with van der Waals surface area (Å²) in [5, 5.41) is 2.92. The van der Waals surface area contributed by atoms with Crippen molar-refractivity contribution >= 4 is 5.91 Å². The summed E-state index contributed by atoms with van der Waals surface area (Å²) >= 11 is 0. The minimum atomic E-state index is 0.0352. The molecule has 25 heavy (non-hydrogen) atoms. The van der Waals surface area contributed by atoms with E-state index in [1.807, 2.05) is 26.0 Å². The lowest BCUT2D eigenvalue weighted by Gasteiger charge is -2.34. The van der Waals surface area contributed by atoms with Gasteiger partial charge in [-0.1, -0.05) is 32.9 Å². The van der Waals surface area contributed by atoms with Gasteiger partial charge in [-0.05, 0) is 37.0 Å². The van der Waals surface area contributed by atoms with E-state index in [0.717, 1.165) is 18.8 Å². The lowest BCUT2D eigenvalue weighted by Crippen LogP contribution is -2.49. The molecule has 0 aromatic heterocycles. The van der Waals surface area contributed by atoms with E-state index in [0.29, 0.717) is 19.7 Å². The van der Waals surface area contributed by atoms with Crippen molar-refractivity contribution < 1.29 is 14.3 Å². The van der Waals surface area contributed by atoms with Gasteiger partial charge >= 0.3 is 0 Å². The molecule has 1 aromatic rings. The Labute approximate surface area is 151 Å². The Morgan fingerprint density at radius 1 is 1.20 bits per heavy atom. The molecule has 2 rings (SSSR count). The first-order valence-electron chi connectivity index (χ1n) is 9.12. The molecule has 1 N–H and O–H groups in total. The number of benzene rings is 1. The Morgan fingerprint density at radius 2 is 1.80 bits per heavy atom. The van der Waals surface area contributed by atoms with Gasteiger partial charge in [-0.3, -0.25) is 9.69 Å². The van der Waals surface area contributed by atoms with Crippen LogP contribution in [0, 0.1) is 0 Å². The van der Waals surface area contributed by atoms with Crippen molar-refractivity contribution in [1.82, 2.24) is 10.2 Å². The maximum absolute atomic E-state index is 12.0. The van der Waals surface area contributed by atoms with Gasteiger partial charge in [0.15, 0.2) is 0 Å². The maximum Gasteiger partial charge on any atom is 0.234 e. The molecule has 1 aromatic carbocycles. The van der Waals surface area contributed by atoms with Crippen molar-refractivity contribution in [3.8, 4) is 5.75 Å². The molecule has 2 atom stereocenters. The second-order valence-corrected chi connectivity index (χ2v) is 7.92. The predicted octanol–water partition coefficient (Wildman–Crippen LogP) is 2.59. The number of nitrogens with one attached hydrogen (secondary N) is 1. The standard InChI is InChI=1S/C20H32N2O3/c1-15-12-22(13-16(2)25-15)14-19(23)21-10-11-24-18-8-6-17(7-9-18)20(3,4)5/h6-9,15-16H,10-14H2,1-5H3,(H,21,23)/t15-,16-/m1/s1. The molecule has 0 spiro atoms. The van der Waals surface area contributed by atoms with Crippen LogP contribution in [-0.2, 0) is 14.9 Å². The normalized spacial score (nSPS) is 21.8. The van der Waals surface area contributed by atoms with Gasteiger partial charge in [0.2, 0.25) is 5.91 Å². The van der Waals surface area contributed by atoms with E-state index in [4.69, 9.17) is 9.47 Å². The van der Waals surface area contributed by atoms with E-state index in [9.17, 15) is 4.79 Å². The second kappa shape index (κ2) is 8.68. The molecule has 1 heterocycles. The van der Waals surface area contributed by atoms with Crippen molar-refractivity contribution in [2.24, 2.45) is 0 Å². The first-order valence-corrected chi connectivity index (χ1v) is 9.12. The summed E-state index contributed by atoms with van der Waals surface area (Å²) in [6.45, 7) is 13.6. The number of amides is 1. The second-order valence-electron chi connectivity index (χ2n) is 7.92. The third-order valence-electron chi connectivity index (χ3n) is 4.28. The number of rotatable bonds is 6. The van der Waals surface area contributed by atoms with E-state index in [2.05, 4.69) is 43.1 Å². The van der Waals surface area contributed by atoms with Crippen LogP contribution in [0.1, 0.15) is 40.2 Å². The highest BCUT2D eigenvalue weighted by Crippen LogP contribution is 2.24. The number of ether oxygens (including phenoxy) is 2. The Kier molecular flexibility index (Phi) is 6.85. The molecule has 1 saturated heterocycles. The van der Waals surface area contributed by atoms with Gasteiger partial charge in [-0.15, -0.1) is 0 Å². The molecule has 5 heteroatoms. The highest BCUT2D eigenvalue weighted by molar-refractivity contribution is 5.78. The number of nitrogens with zero attached hydrogens (tertiary/aromatic N) is 1. The lowest BCUT2D eigenvalue weighted by molar-refractivity contribution is -0.126. The Balaban J connectivity index is 1.66. The third-order valence-corrected chi connectivity index (χ3v) is 4.28. The average molecular weight is 348 g/mol. The number of hydrogen-bond acceptors (Lipinski definition) is 4. The first kappa shape index (κ1) is 19.7. The molecule has 0 aliphatic carbocycles. The Hall–Kier alpha value is -1.59. The number of hydrogen-bond donors (Lipinski definition) is 1. The average Bonchev–Trinajstić information content (AvgIpc) is 2.50. The van der Waals surface area contributed by atoms with Gasteiger partial charge in [-0.25, -0.2) is 0 Å². The van der Waals surface area contributed by atoms with Crippen LogP contribution in [0.3, 0.4) is 0 Å². The maximum atomic E-state index is 12.0. The molecule has 1 fully saturated rings. The van der Waals surface area contributed by atoms with Crippen molar-refractivity contribution in [2.75, 3.05) is 32.8 Å². The van der Waals surface area contributed by atoms with Crippen molar-refractivity contribution in [3.63, 3.8) is 0 Å². The topological polar surface area (TPSA) is 50.8 Å². The van der Waals surface area contributed by atoms with Crippen LogP contribution in [-0.4, -0.2) is 55.8 Å². The fourth-order valence-corrected chi connectivity index (χ4v) is 3.08. The molecule has 1 aliphatic rings. The summed E-state index contributed by atoms with van der Waals surface area (Å²) in [4.78, 5) is 14.2. The minimum absolute atomic E-state index is 0.0352. The van der Waals surface area contributed by atoms with Crippen LogP contribution >= 0.6 is 0 Å². The zero-order valence-electron chi connectivity index (χ0n) is 16.2. The van der Waals surface area contributed by atoms with Crippen LogP contribution in [0.4, 0.5) is 0 Å². The fourth-order valence-electron chi connectivity index (χ4n) is 3.08. The monoisotopic (exact) mass is 348 g/mol. The summed E-state index contributed by atoms with van der Waals surface area (Å²) < 4.78 is 11.4. The molecule has 0 radical (unpaired) electrons. The SMILES string of the molecule is C[C@@H]1CN(CC(=O)NCCOc2ccc(C(C)(C)C)cc2)C[C@@H](C)O1. The van der Waals surface area contributed by atoms with E-state index in [1.54, 1.807) is 0 Å². The number of carbonyl (C=O) groups excluding carboxylic acids is 1. The largest absolute Gasteiger partial charge is 0.492 e. The quantitative estimate of drug-likeness (QED) is 0.803. The molecular weight excluding hydrogens is 316 g/mol. The van der Waals surface area contributed by atoms with Crippen molar-refractivity contribution in [2.45, 2.75) is 52.2 Å². The molecule has 5 nitrogen and oxygen atoms in total. The summed E-state index contributed by atoms with van der Waals surface area (Å²) in [5.41, 5.74) is 1.42. The molecule has 0 bridgehead atoms. The smallest absolute Gasteiger partial charge is 0.234 e. The fraction of sp³-hybridized carbons (Fsp3) is 0.650. The van der Waals surface area contributed by atoms with Crippen LogP contribution in [0.2, 0.25) is 0 Å². The Bertz CT molecular complexity index is 541. The highest BCUT2D eigenvalue weighted by Gasteiger charge is 2.23. The predicted molar refractivity (Wildman–Crippen MR) is 100 cm³/mol. The molecule has 0 saturated carbocycles. The van der Waals surface area contributed by atoms with Crippen LogP contribution in [0.25, 0.3) is 0 Å². The van der Waals surface area contributed by atoms with Gasteiger partial charge in [0.05, 0.1) is 25.3 Å². The molecule has 1 aliphatic heterocycles. The lowest BCUT2D eigenvalue weighted by atomic mass is 9.87. The summed E-state index contributed by atoms with van der Waals surface area (Å²) in [6, 6.07) is 8.15. The van der Waals surface area contributed by atoms with Gasteiger partial charge in [0, 0.05) is 13.1 Å². The van der Waals surface area contributed by atoms with E-state index in [-0.39, 0.29) is 23.5 Å². The van der Waals surface area contributed by atoms with E-state index >= 15 is 0 Å².